The molecule has 2 aromatic carbocycles. The second kappa shape index (κ2) is 6.52. The predicted molar refractivity (Wildman–Crippen MR) is 93.2 cm³/mol. The fourth-order valence-electron chi connectivity index (χ4n) is 2.71. The number of fused-ring (bicyclic) bond motifs is 1. The fraction of sp³-hybridized carbons (Fsp3) is 0.176. The maximum Gasteiger partial charge on any atom is 0.281 e. The Kier molecular flexibility index (Phi) is 4.44. The number of amides is 1. The van der Waals surface area contributed by atoms with E-state index in [9.17, 15) is 10.0 Å². The van der Waals surface area contributed by atoms with Gasteiger partial charge in [0.25, 0.3) is 5.91 Å². The SMILES string of the molecule is COc1cc(CN2C(=O)/C(=N\O)c3c(Br)cccc32)cc(OC)c1. The number of rotatable bonds is 4. The molecule has 0 radical (unpaired) electrons. The number of hydrogen-bond donors (Lipinski definition) is 1. The maximum absolute atomic E-state index is 12.6. The molecular weight excluding hydrogens is 376 g/mol. The first-order valence-electron chi connectivity index (χ1n) is 7.13. The second-order valence-electron chi connectivity index (χ2n) is 5.19. The summed E-state index contributed by atoms with van der Waals surface area (Å²) in [5, 5.41) is 12.4. The quantitative estimate of drug-likeness (QED) is 0.642. The van der Waals surface area contributed by atoms with Crippen molar-refractivity contribution in [2.75, 3.05) is 19.1 Å². The minimum atomic E-state index is -0.360. The summed E-state index contributed by atoms with van der Waals surface area (Å²) in [7, 11) is 3.14. The Hall–Kier alpha value is -2.54. The second-order valence-corrected chi connectivity index (χ2v) is 6.05. The summed E-state index contributed by atoms with van der Waals surface area (Å²) in [6.45, 7) is 0.300. The van der Waals surface area contributed by atoms with E-state index >= 15 is 0 Å². The minimum Gasteiger partial charge on any atom is -0.497 e. The van der Waals surface area contributed by atoms with E-state index in [0.29, 0.717) is 33.8 Å². The molecule has 0 bridgehead atoms. The van der Waals surface area contributed by atoms with Crippen molar-refractivity contribution >= 4 is 33.2 Å². The Morgan fingerprint density at radius 3 is 2.42 bits per heavy atom. The van der Waals surface area contributed by atoms with E-state index < -0.39 is 0 Å². The summed E-state index contributed by atoms with van der Waals surface area (Å²) in [5.41, 5.74) is 2.13. The highest BCUT2D eigenvalue weighted by atomic mass is 79.9. The monoisotopic (exact) mass is 390 g/mol. The zero-order valence-corrected chi connectivity index (χ0v) is 14.7. The smallest absolute Gasteiger partial charge is 0.281 e. The molecule has 0 fully saturated rings. The van der Waals surface area contributed by atoms with Gasteiger partial charge in [0.05, 0.1) is 26.5 Å². The van der Waals surface area contributed by atoms with Crippen LogP contribution in [0.15, 0.2) is 46.0 Å². The van der Waals surface area contributed by atoms with Gasteiger partial charge in [0, 0.05) is 16.1 Å². The molecule has 3 rings (SSSR count). The molecule has 7 heteroatoms. The zero-order valence-electron chi connectivity index (χ0n) is 13.1. The summed E-state index contributed by atoms with van der Waals surface area (Å²) in [4.78, 5) is 14.2. The van der Waals surface area contributed by atoms with Crippen LogP contribution in [0.5, 0.6) is 11.5 Å². The molecule has 2 aromatic rings. The van der Waals surface area contributed by atoms with Crippen molar-refractivity contribution in [3.8, 4) is 11.5 Å². The lowest BCUT2D eigenvalue weighted by Gasteiger charge is -2.18. The van der Waals surface area contributed by atoms with Gasteiger partial charge in [-0.1, -0.05) is 27.2 Å². The lowest BCUT2D eigenvalue weighted by molar-refractivity contribution is -0.112. The number of methoxy groups -OCH3 is 2. The first-order chi connectivity index (χ1) is 11.6. The zero-order chi connectivity index (χ0) is 17.3. The number of oxime groups is 1. The van der Waals surface area contributed by atoms with Crippen LogP contribution in [0.25, 0.3) is 0 Å². The van der Waals surface area contributed by atoms with Crippen molar-refractivity contribution in [2.45, 2.75) is 6.54 Å². The molecule has 0 saturated carbocycles. The van der Waals surface area contributed by atoms with Gasteiger partial charge in [-0.2, -0.15) is 0 Å². The van der Waals surface area contributed by atoms with Gasteiger partial charge in [0.1, 0.15) is 11.5 Å². The fourth-order valence-corrected chi connectivity index (χ4v) is 3.25. The Bertz CT molecular complexity index is 813. The predicted octanol–water partition coefficient (Wildman–Crippen LogP) is 3.19. The minimum absolute atomic E-state index is 0.0207. The van der Waals surface area contributed by atoms with Gasteiger partial charge in [-0.25, -0.2) is 0 Å². The largest absolute Gasteiger partial charge is 0.497 e. The van der Waals surface area contributed by atoms with Gasteiger partial charge in [0.2, 0.25) is 0 Å². The number of halogens is 1. The molecule has 0 saturated heterocycles. The van der Waals surface area contributed by atoms with Crippen LogP contribution in [0.2, 0.25) is 0 Å². The molecule has 0 atom stereocenters. The van der Waals surface area contributed by atoms with Crippen LogP contribution < -0.4 is 14.4 Å². The van der Waals surface area contributed by atoms with Gasteiger partial charge < -0.3 is 19.6 Å². The summed E-state index contributed by atoms with van der Waals surface area (Å²) in [6, 6.07) is 10.9. The van der Waals surface area contributed by atoms with Crippen molar-refractivity contribution in [1.82, 2.24) is 0 Å². The van der Waals surface area contributed by atoms with Crippen molar-refractivity contribution in [1.29, 1.82) is 0 Å². The van der Waals surface area contributed by atoms with Crippen LogP contribution in [0.4, 0.5) is 5.69 Å². The highest BCUT2D eigenvalue weighted by Crippen LogP contribution is 2.36. The molecule has 24 heavy (non-hydrogen) atoms. The number of benzene rings is 2. The summed E-state index contributed by atoms with van der Waals surface area (Å²) in [6.07, 6.45) is 0. The van der Waals surface area contributed by atoms with E-state index in [1.165, 1.54) is 0 Å². The van der Waals surface area contributed by atoms with Crippen LogP contribution in [0.3, 0.4) is 0 Å². The molecular formula is C17H15BrN2O4. The number of anilines is 1. The summed E-state index contributed by atoms with van der Waals surface area (Å²) < 4.78 is 11.2. The molecule has 1 N–H and O–H groups in total. The van der Waals surface area contributed by atoms with Crippen LogP contribution in [0, 0.1) is 0 Å². The van der Waals surface area contributed by atoms with E-state index in [1.54, 1.807) is 31.3 Å². The molecule has 1 aliphatic heterocycles. The van der Waals surface area contributed by atoms with Gasteiger partial charge in [-0.3, -0.25) is 4.79 Å². The summed E-state index contributed by atoms with van der Waals surface area (Å²) in [5.74, 6) is 0.921. The number of carbonyl (C=O) groups is 1. The third-order valence-corrected chi connectivity index (χ3v) is 4.48. The average Bonchev–Trinajstić information content (AvgIpc) is 2.87. The highest BCUT2D eigenvalue weighted by molar-refractivity contribution is 9.10. The molecule has 1 amide bonds. The Labute approximate surface area is 147 Å². The standard InChI is InChI=1S/C17H15BrN2O4/c1-23-11-6-10(7-12(8-11)24-2)9-20-14-5-3-4-13(18)15(14)16(19-22)17(20)21/h3-8,22H,9H2,1-2H3/b19-16-. The lowest BCUT2D eigenvalue weighted by atomic mass is 10.1. The van der Waals surface area contributed by atoms with Crippen molar-refractivity contribution in [3.05, 3.63) is 52.0 Å². The average molecular weight is 391 g/mol. The van der Waals surface area contributed by atoms with Crippen molar-refractivity contribution < 1.29 is 19.5 Å². The van der Waals surface area contributed by atoms with E-state index in [1.807, 2.05) is 24.3 Å². The van der Waals surface area contributed by atoms with Gasteiger partial charge >= 0.3 is 0 Å². The first-order valence-corrected chi connectivity index (χ1v) is 7.93. The molecule has 124 valence electrons. The van der Waals surface area contributed by atoms with Gasteiger partial charge in [-0.15, -0.1) is 0 Å². The lowest BCUT2D eigenvalue weighted by Crippen LogP contribution is -2.29. The third kappa shape index (κ3) is 2.71. The van der Waals surface area contributed by atoms with E-state index in [-0.39, 0.29) is 11.6 Å². The number of hydrogen-bond acceptors (Lipinski definition) is 5. The van der Waals surface area contributed by atoms with E-state index in [4.69, 9.17) is 9.47 Å². The molecule has 0 aliphatic carbocycles. The van der Waals surface area contributed by atoms with Crippen molar-refractivity contribution in [3.63, 3.8) is 0 Å². The molecule has 6 nitrogen and oxygen atoms in total. The van der Waals surface area contributed by atoms with Crippen LogP contribution in [-0.4, -0.2) is 31.0 Å². The Morgan fingerprint density at radius 1 is 1.17 bits per heavy atom. The van der Waals surface area contributed by atoms with Crippen LogP contribution in [-0.2, 0) is 11.3 Å². The van der Waals surface area contributed by atoms with Crippen LogP contribution in [0.1, 0.15) is 11.1 Å². The van der Waals surface area contributed by atoms with Gasteiger partial charge in [-0.05, 0) is 29.8 Å². The molecule has 0 unspecified atom stereocenters. The topological polar surface area (TPSA) is 71.4 Å². The number of nitrogens with zero attached hydrogens (tertiary/aromatic N) is 2. The molecule has 0 aromatic heterocycles. The Morgan fingerprint density at radius 2 is 1.83 bits per heavy atom. The van der Waals surface area contributed by atoms with E-state index in [2.05, 4.69) is 21.1 Å². The van der Waals surface area contributed by atoms with Crippen molar-refractivity contribution in [2.24, 2.45) is 5.16 Å². The Balaban J connectivity index is 2.03. The molecule has 1 aliphatic rings. The van der Waals surface area contributed by atoms with Gasteiger partial charge in [0.15, 0.2) is 5.71 Å². The molecule has 0 spiro atoms. The highest BCUT2D eigenvalue weighted by Gasteiger charge is 2.36. The normalized spacial score (nSPS) is 14.9. The maximum atomic E-state index is 12.6. The molecule has 1 heterocycles. The number of ether oxygens (including phenoxy) is 2. The summed E-state index contributed by atoms with van der Waals surface area (Å²) >= 11 is 3.40. The third-order valence-electron chi connectivity index (χ3n) is 3.82. The first kappa shape index (κ1) is 16.3. The number of carbonyl (C=O) groups excluding carboxylic acids is 1. The van der Waals surface area contributed by atoms with E-state index in [0.717, 1.165) is 5.56 Å². The van der Waals surface area contributed by atoms with Crippen LogP contribution >= 0.6 is 15.9 Å².